The molecule has 9 nitrogen and oxygen atoms in total. The number of carboxylic acid groups (broad SMARTS) is 1. The van der Waals surface area contributed by atoms with Gasteiger partial charge in [-0.25, -0.2) is 0 Å². The quantitative estimate of drug-likeness (QED) is 0.0690. The number of piperazine rings is 1. The Morgan fingerprint density at radius 3 is 2.25 bits per heavy atom. The van der Waals surface area contributed by atoms with Crippen molar-refractivity contribution in [2.75, 3.05) is 57.9 Å². The van der Waals surface area contributed by atoms with Crippen LogP contribution in [0.15, 0.2) is 103 Å². The van der Waals surface area contributed by atoms with E-state index in [1.165, 1.54) is 5.56 Å². The van der Waals surface area contributed by atoms with Crippen LogP contribution in [0.1, 0.15) is 53.6 Å². The molecule has 0 amide bonds. The van der Waals surface area contributed by atoms with Crippen LogP contribution in [-0.4, -0.2) is 79.4 Å². The third-order valence-corrected chi connectivity index (χ3v) is 9.66. The molecule has 2 heterocycles. The molecular formula is C43H49N3O6. The van der Waals surface area contributed by atoms with E-state index in [2.05, 4.69) is 46.2 Å². The van der Waals surface area contributed by atoms with Gasteiger partial charge in [0.2, 0.25) is 0 Å². The van der Waals surface area contributed by atoms with Gasteiger partial charge in [-0.1, -0.05) is 60.7 Å². The number of rotatable bonds is 19. The summed E-state index contributed by atoms with van der Waals surface area (Å²) in [4.78, 5) is 30.0. The van der Waals surface area contributed by atoms with Gasteiger partial charge in [-0.3, -0.25) is 14.5 Å². The summed E-state index contributed by atoms with van der Waals surface area (Å²) >= 11 is 0. The van der Waals surface area contributed by atoms with Crippen molar-refractivity contribution < 1.29 is 28.9 Å². The lowest BCUT2D eigenvalue weighted by Crippen LogP contribution is -2.46. The van der Waals surface area contributed by atoms with Crippen LogP contribution in [-0.2, 0) is 17.8 Å². The summed E-state index contributed by atoms with van der Waals surface area (Å²) in [7, 11) is 1.72. The Morgan fingerprint density at radius 2 is 1.44 bits per heavy atom. The van der Waals surface area contributed by atoms with E-state index < -0.39 is 5.97 Å². The normalized spacial score (nSPS) is 13.3. The van der Waals surface area contributed by atoms with Gasteiger partial charge in [0.05, 0.1) is 26.0 Å². The fourth-order valence-electron chi connectivity index (χ4n) is 6.88. The molecule has 4 aromatic carbocycles. The van der Waals surface area contributed by atoms with Crippen LogP contribution in [0.5, 0.6) is 17.2 Å². The van der Waals surface area contributed by atoms with Gasteiger partial charge in [0.15, 0.2) is 17.3 Å². The third kappa shape index (κ3) is 9.53. The number of aromatic nitrogens is 1. The number of para-hydroxylation sites is 3. The predicted molar refractivity (Wildman–Crippen MR) is 205 cm³/mol. The zero-order valence-corrected chi connectivity index (χ0v) is 30.0. The van der Waals surface area contributed by atoms with Gasteiger partial charge in [0.1, 0.15) is 5.75 Å². The topological polar surface area (TPSA) is 93.5 Å². The lowest BCUT2D eigenvalue weighted by Gasteiger charge is -2.36. The molecule has 0 unspecified atom stereocenters. The minimum absolute atomic E-state index is 0.0727. The Morgan fingerprint density at radius 1 is 0.712 bits per heavy atom. The second kappa shape index (κ2) is 18.3. The monoisotopic (exact) mass is 703 g/mol. The highest BCUT2D eigenvalue weighted by Crippen LogP contribution is 2.32. The number of fused-ring (bicyclic) bond motifs is 1. The molecular weight excluding hydrogens is 654 g/mol. The van der Waals surface area contributed by atoms with Gasteiger partial charge in [-0.15, -0.1) is 0 Å². The summed E-state index contributed by atoms with van der Waals surface area (Å²) in [6.45, 7) is 6.27. The molecule has 1 aliphatic heterocycles. The molecule has 9 heteroatoms. The Labute approximate surface area is 306 Å². The number of benzene rings is 4. The van der Waals surface area contributed by atoms with Crippen LogP contribution in [0, 0.1) is 0 Å². The second-order valence-electron chi connectivity index (χ2n) is 13.2. The Hall–Kier alpha value is -5.28. The number of aliphatic carboxylic acids is 1. The first-order valence-electron chi connectivity index (χ1n) is 18.4. The molecule has 0 saturated carbocycles. The maximum atomic E-state index is 14.0. The molecule has 52 heavy (non-hydrogen) atoms. The van der Waals surface area contributed by atoms with Gasteiger partial charge < -0.3 is 28.8 Å². The average molecular weight is 704 g/mol. The van der Waals surface area contributed by atoms with E-state index in [1.54, 1.807) is 7.11 Å². The number of hydrogen-bond acceptors (Lipinski definition) is 7. The molecule has 6 rings (SSSR count). The summed E-state index contributed by atoms with van der Waals surface area (Å²) in [5.74, 6) is 1.17. The predicted octanol–water partition coefficient (Wildman–Crippen LogP) is 7.74. The number of aryl methyl sites for hydroxylation is 2. The van der Waals surface area contributed by atoms with Gasteiger partial charge in [0, 0.05) is 73.9 Å². The van der Waals surface area contributed by atoms with E-state index in [0.717, 1.165) is 80.7 Å². The fraction of sp³-hybridized carbons (Fsp3) is 0.349. The van der Waals surface area contributed by atoms with Crippen molar-refractivity contribution in [3.63, 3.8) is 0 Å². The van der Waals surface area contributed by atoms with E-state index >= 15 is 0 Å². The summed E-state index contributed by atoms with van der Waals surface area (Å²) in [6, 6.07) is 31.9. The van der Waals surface area contributed by atoms with Crippen molar-refractivity contribution in [2.24, 2.45) is 0 Å². The van der Waals surface area contributed by atoms with Crippen LogP contribution in [0.2, 0.25) is 0 Å². The molecule has 5 aromatic rings. The maximum absolute atomic E-state index is 14.0. The molecule has 0 atom stereocenters. The number of carbonyl (C=O) groups excluding carboxylic acids is 1. The number of carboxylic acids is 1. The third-order valence-electron chi connectivity index (χ3n) is 9.66. The number of hydrogen-bond donors (Lipinski definition) is 1. The number of nitrogens with zero attached hydrogens (tertiary/aromatic N) is 3. The van der Waals surface area contributed by atoms with Gasteiger partial charge >= 0.3 is 5.97 Å². The van der Waals surface area contributed by atoms with Crippen LogP contribution >= 0.6 is 0 Å². The van der Waals surface area contributed by atoms with Gasteiger partial charge in [-0.05, 0) is 74.1 Å². The Kier molecular flexibility index (Phi) is 12.8. The molecule has 0 radical (unpaired) electrons. The van der Waals surface area contributed by atoms with Crippen molar-refractivity contribution in [3.8, 4) is 17.2 Å². The average Bonchev–Trinajstić information content (AvgIpc) is 3.55. The van der Waals surface area contributed by atoms with Crippen LogP contribution in [0.4, 0.5) is 5.69 Å². The molecule has 0 bridgehead atoms. The van der Waals surface area contributed by atoms with E-state index in [0.29, 0.717) is 48.8 Å². The highest BCUT2D eigenvalue weighted by Gasteiger charge is 2.21. The largest absolute Gasteiger partial charge is 0.495 e. The highest BCUT2D eigenvalue weighted by molar-refractivity contribution is 6.16. The van der Waals surface area contributed by atoms with Gasteiger partial charge in [0.25, 0.3) is 0 Å². The van der Waals surface area contributed by atoms with Crippen molar-refractivity contribution in [2.45, 2.75) is 45.1 Å². The fourth-order valence-corrected chi connectivity index (χ4v) is 6.88. The minimum atomic E-state index is -0.828. The van der Waals surface area contributed by atoms with Crippen LogP contribution < -0.4 is 19.1 Å². The number of ether oxygens (including phenoxy) is 3. The summed E-state index contributed by atoms with van der Waals surface area (Å²) in [5.41, 5.74) is 4.47. The zero-order valence-electron chi connectivity index (χ0n) is 30.0. The van der Waals surface area contributed by atoms with Crippen molar-refractivity contribution in [1.29, 1.82) is 0 Å². The molecule has 1 N–H and O–H groups in total. The first kappa shape index (κ1) is 36.5. The minimum Gasteiger partial charge on any atom is -0.495 e. The molecule has 1 aromatic heterocycles. The van der Waals surface area contributed by atoms with E-state index in [4.69, 9.17) is 19.3 Å². The summed E-state index contributed by atoms with van der Waals surface area (Å²) in [5, 5.41) is 9.98. The summed E-state index contributed by atoms with van der Waals surface area (Å²) in [6.07, 6.45) is 6.15. The number of unbranched alkanes of at least 4 members (excludes halogenated alkanes) is 1. The van der Waals surface area contributed by atoms with Crippen LogP contribution in [0.25, 0.3) is 10.9 Å². The highest BCUT2D eigenvalue weighted by atomic mass is 16.5. The molecule has 1 fully saturated rings. The maximum Gasteiger partial charge on any atom is 0.303 e. The van der Waals surface area contributed by atoms with Crippen molar-refractivity contribution in [3.05, 3.63) is 120 Å². The van der Waals surface area contributed by atoms with E-state index in [-0.39, 0.29) is 12.2 Å². The molecule has 1 saturated heterocycles. The first-order valence-corrected chi connectivity index (χ1v) is 18.4. The number of methoxy groups -OCH3 is 1. The number of anilines is 1. The lowest BCUT2D eigenvalue weighted by molar-refractivity contribution is -0.137. The first-order chi connectivity index (χ1) is 25.5. The number of carbonyl (C=O) groups is 2. The second-order valence-corrected chi connectivity index (χ2v) is 13.2. The van der Waals surface area contributed by atoms with Crippen molar-refractivity contribution in [1.82, 2.24) is 9.47 Å². The smallest absolute Gasteiger partial charge is 0.303 e. The summed E-state index contributed by atoms with van der Waals surface area (Å²) < 4.78 is 20.2. The molecule has 0 spiro atoms. The van der Waals surface area contributed by atoms with Crippen LogP contribution in [0.3, 0.4) is 0 Å². The SMILES string of the molecule is COc1ccccc1N1CCN(CCCOc2cc(C(=O)c3cn(CCCC(=O)O)c4ccccc34)ccc2OCCCCc2ccccc2)CC1. The molecule has 272 valence electrons. The molecule has 1 aliphatic rings. The lowest BCUT2D eigenvalue weighted by atomic mass is 10.0. The Balaban J connectivity index is 1.10. The number of ketones is 1. The molecule has 0 aliphatic carbocycles. The standard InChI is InChI=1S/C43H49N3O6/c1-50-39-19-8-7-18-38(39)45-27-25-44(26-28-45)23-12-30-52-41-31-34(21-22-40(41)51-29-10-9-15-33-13-3-2-4-14-33)43(49)36-32-46(24-11-20-42(47)48)37-17-6-5-16-35(36)37/h2-8,13-14,16-19,21-22,31-32H,9-12,15,20,23-30H2,1H3,(H,47,48). The Bertz CT molecular complexity index is 1920. The zero-order chi connectivity index (χ0) is 36.1. The van der Waals surface area contributed by atoms with E-state index in [9.17, 15) is 9.59 Å². The van der Waals surface area contributed by atoms with E-state index in [1.807, 2.05) is 71.4 Å². The van der Waals surface area contributed by atoms with Gasteiger partial charge in [-0.2, -0.15) is 0 Å². The van der Waals surface area contributed by atoms with Crippen molar-refractivity contribution >= 4 is 28.3 Å².